The standard InChI is InChI=1S/C21H38N2O3/c1-5-23(6-2)14-11-17-15-21(19(25)26-17)12-9-16(10-13-21)7-8-18(24)20(3,4)22/h16-17H,5-15,22H2,1-4H3/t16?,17-,21?/m0/s1. The fourth-order valence-electron chi connectivity index (χ4n) is 4.45. The number of hydrogen-bond donors (Lipinski definition) is 1. The fraction of sp³-hybridized carbons (Fsp3) is 0.905. The number of nitrogens with zero attached hydrogens (tertiary/aromatic N) is 1. The summed E-state index contributed by atoms with van der Waals surface area (Å²) in [6.07, 6.45) is 7.24. The van der Waals surface area contributed by atoms with Crippen molar-refractivity contribution in [3.8, 4) is 0 Å². The lowest BCUT2D eigenvalue weighted by Gasteiger charge is -2.34. The van der Waals surface area contributed by atoms with Crippen LogP contribution in [0, 0.1) is 11.3 Å². The van der Waals surface area contributed by atoms with Crippen molar-refractivity contribution in [1.82, 2.24) is 4.90 Å². The Bertz CT molecular complexity index is 486. The molecule has 26 heavy (non-hydrogen) atoms. The lowest BCUT2D eigenvalue weighted by Crippen LogP contribution is -2.41. The minimum atomic E-state index is -0.733. The molecule has 2 rings (SSSR count). The number of esters is 1. The summed E-state index contributed by atoms with van der Waals surface area (Å²) in [5.74, 6) is 0.698. The lowest BCUT2D eigenvalue weighted by atomic mass is 9.68. The molecule has 5 heteroatoms. The maximum atomic E-state index is 12.5. The van der Waals surface area contributed by atoms with Crippen LogP contribution >= 0.6 is 0 Å². The zero-order valence-electron chi connectivity index (χ0n) is 17.2. The monoisotopic (exact) mass is 366 g/mol. The Hall–Kier alpha value is -0.940. The SMILES string of the molecule is CCN(CC)CC[C@H]1CC2(CCC(CCC(=O)C(C)(C)N)CC2)C(=O)O1. The number of carbonyl (C=O) groups excluding carboxylic acids is 2. The van der Waals surface area contributed by atoms with Crippen LogP contribution in [0.4, 0.5) is 0 Å². The number of ether oxygens (including phenoxy) is 1. The second-order valence-electron chi connectivity index (χ2n) is 8.95. The van der Waals surface area contributed by atoms with Gasteiger partial charge < -0.3 is 15.4 Å². The van der Waals surface area contributed by atoms with Gasteiger partial charge in [-0.2, -0.15) is 0 Å². The predicted octanol–water partition coefficient (Wildman–Crippen LogP) is 3.30. The second kappa shape index (κ2) is 8.83. The maximum Gasteiger partial charge on any atom is 0.312 e. The smallest absolute Gasteiger partial charge is 0.312 e. The van der Waals surface area contributed by atoms with E-state index in [2.05, 4.69) is 18.7 Å². The Kier molecular flexibility index (Phi) is 7.26. The van der Waals surface area contributed by atoms with E-state index in [0.29, 0.717) is 12.3 Å². The number of cyclic esters (lactones) is 1. The summed E-state index contributed by atoms with van der Waals surface area (Å²) in [6, 6.07) is 0. The van der Waals surface area contributed by atoms with Gasteiger partial charge in [0.25, 0.3) is 0 Å². The zero-order valence-corrected chi connectivity index (χ0v) is 17.2. The quantitative estimate of drug-likeness (QED) is 0.634. The molecule has 2 aliphatic rings. The molecule has 0 radical (unpaired) electrons. The third kappa shape index (κ3) is 5.29. The first kappa shape index (κ1) is 21.4. The largest absolute Gasteiger partial charge is 0.462 e. The van der Waals surface area contributed by atoms with Crippen LogP contribution in [0.3, 0.4) is 0 Å². The number of carbonyl (C=O) groups is 2. The minimum Gasteiger partial charge on any atom is -0.462 e. The summed E-state index contributed by atoms with van der Waals surface area (Å²) < 4.78 is 5.74. The number of nitrogens with two attached hydrogens (primary N) is 1. The molecule has 1 atom stereocenters. The van der Waals surface area contributed by atoms with Crippen molar-refractivity contribution in [1.29, 1.82) is 0 Å². The van der Waals surface area contributed by atoms with Crippen LogP contribution < -0.4 is 5.73 Å². The zero-order chi connectivity index (χ0) is 19.4. The van der Waals surface area contributed by atoms with E-state index in [-0.39, 0.29) is 23.3 Å². The summed E-state index contributed by atoms with van der Waals surface area (Å²) in [4.78, 5) is 26.9. The molecular formula is C21H38N2O3. The molecule has 0 aromatic heterocycles. The van der Waals surface area contributed by atoms with Crippen LogP contribution in [0.2, 0.25) is 0 Å². The molecule has 5 nitrogen and oxygen atoms in total. The molecule has 1 saturated carbocycles. The molecule has 1 aliphatic heterocycles. The van der Waals surface area contributed by atoms with Crippen LogP contribution in [0.1, 0.15) is 79.1 Å². The van der Waals surface area contributed by atoms with Gasteiger partial charge in [0.15, 0.2) is 5.78 Å². The summed E-state index contributed by atoms with van der Waals surface area (Å²) >= 11 is 0. The van der Waals surface area contributed by atoms with E-state index in [1.54, 1.807) is 13.8 Å². The number of rotatable bonds is 9. The van der Waals surface area contributed by atoms with Crippen LogP contribution in [-0.2, 0) is 14.3 Å². The molecule has 0 unspecified atom stereocenters. The van der Waals surface area contributed by atoms with Crippen molar-refractivity contribution in [3.63, 3.8) is 0 Å². The number of hydrogen-bond acceptors (Lipinski definition) is 5. The van der Waals surface area contributed by atoms with Gasteiger partial charge in [-0.1, -0.05) is 13.8 Å². The molecule has 150 valence electrons. The molecular weight excluding hydrogens is 328 g/mol. The fourth-order valence-corrected chi connectivity index (χ4v) is 4.45. The Labute approximate surface area is 159 Å². The van der Waals surface area contributed by atoms with Crippen molar-refractivity contribution in [3.05, 3.63) is 0 Å². The Balaban J connectivity index is 1.78. The van der Waals surface area contributed by atoms with Crippen molar-refractivity contribution in [2.45, 2.75) is 90.7 Å². The highest BCUT2D eigenvalue weighted by Gasteiger charge is 2.50. The van der Waals surface area contributed by atoms with Gasteiger partial charge in [-0.05, 0) is 71.4 Å². The Morgan fingerprint density at radius 2 is 1.85 bits per heavy atom. The summed E-state index contributed by atoms with van der Waals surface area (Å²) in [5.41, 5.74) is 4.90. The van der Waals surface area contributed by atoms with Gasteiger partial charge in [-0.3, -0.25) is 9.59 Å². The Morgan fingerprint density at radius 3 is 2.38 bits per heavy atom. The van der Waals surface area contributed by atoms with Crippen molar-refractivity contribution in [2.24, 2.45) is 17.1 Å². The minimum absolute atomic E-state index is 0.0275. The Morgan fingerprint density at radius 1 is 1.23 bits per heavy atom. The molecule has 0 aromatic carbocycles. The van der Waals surface area contributed by atoms with Crippen molar-refractivity contribution >= 4 is 11.8 Å². The summed E-state index contributed by atoms with van der Waals surface area (Å²) in [7, 11) is 0. The lowest BCUT2D eigenvalue weighted by molar-refractivity contribution is -0.150. The van der Waals surface area contributed by atoms with Gasteiger partial charge in [-0.15, -0.1) is 0 Å². The second-order valence-corrected chi connectivity index (χ2v) is 8.95. The maximum absolute atomic E-state index is 12.5. The van der Waals surface area contributed by atoms with E-state index in [0.717, 1.165) is 64.6 Å². The average molecular weight is 367 g/mol. The first-order valence-electron chi connectivity index (χ1n) is 10.5. The van der Waals surface area contributed by atoms with Crippen LogP contribution in [0.15, 0.2) is 0 Å². The van der Waals surface area contributed by atoms with Gasteiger partial charge in [-0.25, -0.2) is 0 Å². The first-order chi connectivity index (χ1) is 12.2. The van der Waals surface area contributed by atoms with E-state index in [1.165, 1.54) is 0 Å². The summed E-state index contributed by atoms with van der Waals surface area (Å²) in [5, 5.41) is 0. The molecule has 0 bridgehead atoms. The van der Waals surface area contributed by atoms with Gasteiger partial charge >= 0.3 is 5.97 Å². The number of ketones is 1. The average Bonchev–Trinajstić information content (AvgIpc) is 2.89. The van der Waals surface area contributed by atoms with Crippen molar-refractivity contribution in [2.75, 3.05) is 19.6 Å². The normalized spacial score (nSPS) is 29.4. The van der Waals surface area contributed by atoms with E-state index in [1.807, 2.05) is 0 Å². The van der Waals surface area contributed by atoms with E-state index in [4.69, 9.17) is 10.5 Å². The van der Waals surface area contributed by atoms with Gasteiger partial charge in [0, 0.05) is 19.4 Å². The molecule has 1 aliphatic carbocycles. The molecule has 1 saturated heterocycles. The highest BCUT2D eigenvalue weighted by Crippen LogP contribution is 2.49. The van der Waals surface area contributed by atoms with E-state index in [9.17, 15) is 9.59 Å². The molecule has 0 amide bonds. The van der Waals surface area contributed by atoms with Gasteiger partial charge in [0.1, 0.15) is 6.10 Å². The van der Waals surface area contributed by atoms with Gasteiger partial charge in [0.2, 0.25) is 0 Å². The highest BCUT2D eigenvalue weighted by atomic mass is 16.6. The molecule has 0 aromatic rings. The van der Waals surface area contributed by atoms with Crippen LogP contribution in [0.25, 0.3) is 0 Å². The van der Waals surface area contributed by atoms with Crippen LogP contribution in [0.5, 0.6) is 0 Å². The molecule has 2 N–H and O–H groups in total. The number of Topliss-reactive ketones (excluding diaryl/α,β-unsaturated/α-hetero) is 1. The molecule has 1 spiro atoms. The van der Waals surface area contributed by atoms with Crippen LogP contribution in [-0.4, -0.2) is 47.9 Å². The predicted molar refractivity (Wildman–Crippen MR) is 104 cm³/mol. The van der Waals surface area contributed by atoms with E-state index < -0.39 is 5.54 Å². The first-order valence-corrected chi connectivity index (χ1v) is 10.5. The summed E-state index contributed by atoms with van der Waals surface area (Å²) in [6.45, 7) is 11.0. The molecule has 1 heterocycles. The third-order valence-electron chi connectivity index (χ3n) is 6.55. The van der Waals surface area contributed by atoms with E-state index >= 15 is 0 Å². The van der Waals surface area contributed by atoms with Gasteiger partial charge in [0.05, 0.1) is 11.0 Å². The topological polar surface area (TPSA) is 72.6 Å². The highest BCUT2D eigenvalue weighted by molar-refractivity contribution is 5.87. The van der Waals surface area contributed by atoms with Crippen molar-refractivity contribution < 1.29 is 14.3 Å². The molecule has 2 fully saturated rings. The third-order valence-corrected chi connectivity index (χ3v) is 6.55.